The van der Waals surface area contributed by atoms with Crippen LogP contribution in [0.5, 0.6) is 11.5 Å². The number of carbonyl (C=O) groups excluding carboxylic acids is 2. The van der Waals surface area contributed by atoms with Gasteiger partial charge in [-0.1, -0.05) is 31.4 Å². The lowest BCUT2D eigenvalue weighted by molar-refractivity contribution is -0.132. The molecule has 1 heterocycles. The molecule has 2 aliphatic rings. The van der Waals surface area contributed by atoms with E-state index in [0.29, 0.717) is 16.9 Å². The summed E-state index contributed by atoms with van der Waals surface area (Å²) >= 11 is 0. The molecule has 1 saturated carbocycles. The Morgan fingerprint density at radius 1 is 1.14 bits per heavy atom. The summed E-state index contributed by atoms with van der Waals surface area (Å²) in [5.74, 6) is 0.127. The number of amidine groups is 1. The number of amides is 1. The number of ether oxygens (including phenoxy) is 2. The Morgan fingerprint density at radius 3 is 2.62 bits per heavy atom. The zero-order valence-corrected chi connectivity index (χ0v) is 21.7. The zero-order chi connectivity index (χ0) is 26.4. The van der Waals surface area contributed by atoms with Crippen molar-refractivity contribution in [2.75, 3.05) is 13.7 Å². The van der Waals surface area contributed by atoms with Gasteiger partial charge in [-0.25, -0.2) is 5.01 Å². The number of sulfonamides is 1. The molecular formula is C26H30N4O6S. The Hall–Kier alpha value is -3.73. The van der Waals surface area contributed by atoms with Crippen molar-refractivity contribution in [3.05, 3.63) is 53.6 Å². The summed E-state index contributed by atoms with van der Waals surface area (Å²) in [6.07, 6.45) is 6.92. The number of hydrogen-bond donors (Lipinski definition) is 1. The fourth-order valence-electron chi connectivity index (χ4n) is 4.39. The maximum Gasteiger partial charge on any atom is 0.308 e. The van der Waals surface area contributed by atoms with Gasteiger partial charge >= 0.3 is 5.97 Å². The van der Waals surface area contributed by atoms with Gasteiger partial charge in [0.1, 0.15) is 4.90 Å². The number of nitrogens with one attached hydrogen (secondary N) is 1. The largest absolute Gasteiger partial charge is 0.493 e. The molecule has 196 valence electrons. The minimum absolute atomic E-state index is 0.0958. The van der Waals surface area contributed by atoms with Gasteiger partial charge < -0.3 is 14.8 Å². The van der Waals surface area contributed by atoms with Crippen molar-refractivity contribution in [2.24, 2.45) is 9.50 Å². The first-order valence-electron chi connectivity index (χ1n) is 12.2. The third kappa shape index (κ3) is 6.53. The number of hydrazone groups is 1. The molecule has 1 aliphatic heterocycles. The molecule has 0 aromatic heterocycles. The second-order valence-electron chi connectivity index (χ2n) is 8.91. The average Bonchev–Trinajstić information content (AvgIpc) is 3.15. The van der Waals surface area contributed by atoms with E-state index in [0.717, 1.165) is 25.7 Å². The van der Waals surface area contributed by atoms with Gasteiger partial charge in [-0.3, -0.25) is 9.59 Å². The van der Waals surface area contributed by atoms with Crippen LogP contribution in [0.3, 0.4) is 0 Å². The van der Waals surface area contributed by atoms with Gasteiger partial charge in [0.2, 0.25) is 5.91 Å². The first-order valence-corrected chi connectivity index (χ1v) is 13.6. The minimum Gasteiger partial charge on any atom is -0.493 e. The molecule has 2 aromatic rings. The van der Waals surface area contributed by atoms with Crippen molar-refractivity contribution in [3.8, 4) is 11.5 Å². The second kappa shape index (κ2) is 11.5. The molecule has 0 unspecified atom stereocenters. The maximum atomic E-state index is 12.7. The molecule has 0 atom stereocenters. The summed E-state index contributed by atoms with van der Waals surface area (Å²) < 4.78 is 39.7. The van der Waals surface area contributed by atoms with Gasteiger partial charge in [-0.15, -0.1) is 4.40 Å². The van der Waals surface area contributed by atoms with E-state index in [1.165, 1.54) is 37.7 Å². The fourth-order valence-corrected chi connectivity index (χ4v) is 5.60. The Morgan fingerprint density at radius 2 is 1.89 bits per heavy atom. The van der Waals surface area contributed by atoms with E-state index in [-0.39, 0.29) is 41.4 Å². The van der Waals surface area contributed by atoms with E-state index >= 15 is 0 Å². The van der Waals surface area contributed by atoms with Crippen molar-refractivity contribution < 1.29 is 27.5 Å². The Balaban J connectivity index is 1.59. The molecule has 4 rings (SSSR count). The molecule has 0 spiro atoms. The number of nitrogens with zero attached hydrogens (tertiary/aromatic N) is 3. The summed E-state index contributed by atoms with van der Waals surface area (Å²) in [5.41, 5.74) is 0.992. The van der Waals surface area contributed by atoms with Crippen LogP contribution in [0.25, 0.3) is 0 Å². The van der Waals surface area contributed by atoms with Crippen molar-refractivity contribution in [1.29, 1.82) is 0 Å². The number of rotatable bonds is 8. The summed E-state index contributed by atoms with van der Waals surface area (Å²) in [6, 6.07) is 11.6. The van der Waals surface area contributed by atoms with Crippen LogP contribution in [0.15, 0.2) is 56.9 Å². The fraction of sp³-hybridized carbons (Fsp3) is 0.385. The first-order chi connectivity index (χ1) is 17.8. The predicted octanol–water partition coefficient (Wildman–Crippen LogP) is 3.24. The minimum atomic E-state index is -3.88. The normalized spacial score (nSPS) is 16.6. The van der Waals surface area contributed by atoms with Crippen molar-refractivity contribution >= 4 is 33.9 Å². The third-order valence-electron chi connectivity index (χ3n) is 6.17. The van der Waals surface area contributed by atoms with Gasteiger partial charge in [0, 0.05) is 24.9 Å². The number of fused-ring (bicyclic) bond motifs is 1. The highest BCUT2D eigenvalue weighted by molar-refractivity contribution is 7.90. The topological polar surface area (TPSA) is 127 Å². The number of esters is 1. The SMILES string of the molecule is COc1ccc(C=NN(CCC(=O)NC2CCCCC2)C2=NS(=O)(=O)c3ccccc32)cc1OC(C)=O. The molecule has 37 heavy (non-hydrogen) atoms. The van der Waals surface area contributed by atoms with Crippen LogP contribution in [-0.4, -0.2) is 57.0 Å². The number of hydrogen-bond acceptors (Lipinski definition) is 8. The number of carbonyl (C=O) groups is 2. The van der Waals surface area contributed by atoms with Crippen LogP contribution in [0.1, 0.15) is 56.6 Å². The highest BCUT2D eigenvalue weighted by Crippen LogP contribution is 2.29. The number of methoxy groups -OCH3 is 1. The maximum absolute atomic E-state index is 12.7. The third-order valence-corrected chi connectivity index (χ3v) is 7.49. The van der Waals surface area contributed by atoms with Crippen LogP contribution in [0, 0.1) is 0 Å². The van der Waals surface area contributed by atoms with Gasteiger partial charge in [0.05, 0.1) is 19.9 Å². The smallest absolute Gasteiger partial charge is 0.308 e. The average molecular weight is 527 g/mol. The molecule has 0 radical (unpaired) electrons. The molecule has 1 fully saturated rings. The molecule has 10 nitrogen and oxygen atoms in total. The molecule has 1 amide bonds. The summed E-state index contributed by atoms with van der Waals surface area (Å²) in [7, 11) is -2.41. The lowest BCUT2D eigenvalue weighted by Crippen LogP contribution is -2.38. The molecule has 1 aliphatic carbocycles. The molecule has 0 saturated heterocycles. The lowest BCUT2D eigenvalue weighted by Gasteiger charge is -2.24. The highest BCUT2D eigenvalue weighted by Gasteiger charge is 2.32. The van der Waals surface area contributed by atoms with E-state index in [4.69, 9.17) is 9.47 Å². The van der Waals surface area contributed by atoms with Crippen LogP contribution in [0.4, 0.5) is 0 Å². The molecule has 11 heteroatoms. The summed E-state index contributed by atoms with van der Waals surface area (Å²) in [4.78, 5) is 24.3. The van der Waals surface area contributed by atoms with E-state index in [1.807, 2.05) is 0 Å². The lowest BCUT2D eigenvalue weighted by atomic mass is 9.95. The van der Waals surface area contributed by atoms with Crippen molar-refractivity contribution in [2.45, 2.75) is 56.4 Å². The predicted molar refractivity (Wildman–Crippen MR) is 138 cm³/mol. The van der Waals surface area contributed by atoms with Crippen molar-refractivity contribution in [3.63, 3.8) is 0 Å². The van der Waals surface area contributed by atoms with Crippen LogP contribution < -0.4 is 14.8 Å². The highest BCUT2D eigenvalue weighted by atomic mass is 32.2. The quantitative estimate of drug-likeness (QED) is 0.242. The van der Waals surface area contributed by atoms with Gasteiger partial charge in [0.25, 0.3) is 10.0 Å². The number of benzene rings is 2. The Labute approximate surface area is 216 Å². The van der Waals surface area contributed by atoms with Crippen LogP contribution >= 0.6 is 0 Å². The van der Waals surface area contributed by atoms with E-state index < -0.39 is 16.0 Å². The van der Waals surface area contributed by atoms with Crippen molar-refractivity contribution in [1.82, 2.24) is 10.3 Å². The summed E-state index contributed by atoms with van der Waals surface area (Å²) in [6.45, 7) is 1.40. The standard InChI is InChI=1S/C26H30N4O6S/c1-18(31)36-23-16-19(12-13-22(23)35-2)17-27-30(15-14-25(32)28-20-8-4-3-5-9-20)26-21-10-6-7-11-24(21)37(33,34)29-26/h6-7,10-13,16-17,20H,3-5,8-9,14-15H2,1-2H3,(H,28,32). The van der Waals surface area contributed by atoms with Gasteiger partial charge in [-0.05, 0) is 48.7 Å². The monoisotopic (exact) mass is 526 g/mol. The van der Waals surface area contributed by atoms with E-state index in [2.05, 4.69) is 14.8 Å². The second-order valence-corrected chi connectivity index (χ2v) is 10.5. The van der Waals surface area contributed by atoms with Crippen LogP contribution in [0.2, 0.25) is 0 Å². The summed E-state index contributed by atoms with van der Waals surface area (Å²) in [5, 5.41) is 8.98. The van der Waals surface area contributed by atoms with E-state index in [1.54, 1.807) is 36.4 Å². The van der Waals surface area contributed by atoms with Gasteiger partial charge in [0.15, 0.2) is 17.3 Å². The van der Waals surface area contributed by atoms with Crippen LogP contribution in [-0.2, 0) is 19.6 Å². The molecule has 1 N–H and O–H groups in total. The Bertz CT molecular complexity index is 1330. The first kappa shape index (κ1) is 26.3. The molecular weight excluding hydrogens is 496 g/mol. The Kier molecular flexibility index (Phi) is 8.22. The van der Waals surface area contributed by atoms with Gasteiger partial charge in [-0.2, -0.15) is 13.5 Å². The zero-order valence-electron chi connectivity index (χ0n) is 20.8. The van der Waals surface area contributed by atoms with E-state index in [9.17, 15) is 18.0 Å². The molecule has 2 aromatic carbocycles. The molecule has 0 bridgehead atoms.